The first-order chi connectivity index (χ1) is 9.08. The lowest BCUT2D eigenvalue weighted by Gasteiger charge is -2.09. The molecule has 5 N–H and O–H groups in total. The van der Waals surface area contributed by atoms with Crippen molar-refractivity contribution in [3.8, 4) is 0 Å². The van der Waals surface area contributed by atoms with Crippen molar-refractivity contribution in [2.75, 3.05) is 13.1 Å². The maximum absolute atomic E-state index is 11.3. The van der Waals surface area contributed by atoms with E-state index in [4.69, 9.17) is 10.9 Å². The molecule has 0 aliphatic rings. The highest BCUT2D eigenvalue weighted by Gasteiger charge is 2.04. The Hall–Kier alpha value is -2.08. The van der Waals surface area contributed by atoms with Crippen LogP contribution in [0.4, 0.5) is 0 Å². The number of nitrogens with one attached hydrogen (secondary N) is 2. The van der Waals surface area contributed by atoms with Crippen LogP contribution >= 0.6 is 0 Å². The molecule has 0 fully saturated rings. The quantitative estimate of drug-likeness (QED) is 0.257. The van der Waals surface area contributed by atoms with Gasteiger partial charge in [-0.05, 0) is 31.0 Å². The molecule has 0 aromatic heterocycles. The maximum Gasteiger partial charge on any atom is 0.233 e. The fourth-order valence-electron chi connectivity index (χ4n) is 1.68. The van der Waals surface area contributed by atoms with Gasteiger partial charge in [0.25, 0.3) is 0 Å². The fourth-order valence-corrected chi connectivity index (χ4v) is 1.68. The molecule has 6 heteroatoms. The Morgan fingerprint density at radius 1 is 1.47 bits per heavy atom. The third-order valence-electron chi connectivity index (χ3n) is 2.72. The number of amidine groups is 1. The van der Waals surface area contributed by atoms with Crippen molar-refractivity contribution in [1.82, 2.24) is 10.6 Å². The number of nitrogens with zero attached hydrogens (tertiary/aromatic N) is 1. The van der Waals surface area contributed by atoms with Gasteiger partial charge in [0, 0.05) is 18.7 Å². The normalized spacial score (nSPS) is 11.4. The molecule has 0 bridgehead atoms. The molecule has 0 saturated carbocycles. The molecule has 0 heterocycles. The Morgan fingerprint density at radius 3 is 2.79 bits per heavy atom. The number of oxime groups is 1. The molecule has 0 saturated heterocycles. The molecule has 19 heavy (non-hydrogen) atoms. The summed E-state index contributed by atoms with van der Waals surface area (Å²) in [4.78, 5) is 11.3. The summed E-state index contributed by atoms with van der Waals surface area (Å²) < 4.78 is 0. The largest absolute Gasteiger partial charge is 0.409 e. The molecule has 1 rings (SSSR count). The van der Waals surface area contributed by atoms with Crippen LogP contribution in [0.2, 0.25) is 0 Å². The van der Waals surface area contributed by atoms with Crippen molar-refractivity contribution in [2.45, 2.75) is 20.4 Å². The van der Waals surface area contributed by atoms with Gasteiger partial charge in [-0.2, -0.15) is 0 Å². The van der Waals surface area contributed by atoms with Crippen LogP contribution in [0.1, 0.15) is 23.6 Å². The van der Waals surface area contributed by atoms with Crippen LogP contribution in [0.5, 0.6) is 0 Å². The first kappa shape index (κ1) is 15.0. The highest BCUT2D eigenvalue weighted by Crippen LogP contribution is 2.10. The number of carbonyl (C=O) groups is 1. The Kier molecular flexibility index (Phi) is 5.81. The van der Waals surface area contributed by atoms with Crippen LogP contribution < -0.4 is 16.4 Å². The van der Waals surface area contributed by atoms with Crippen LogP contribution in [0, 0.1) is 6.92 Å². The standard InChI is InChI=1S/C13H20N4O2/c1-3-16-12(18)8-15-7-11-5-4-10(6-9(11)2)13(14)17-19/h4-6,15,19H,3,7-8H2,1-2H3,(H2,14,17)(H,16,18). The zero-order valence-electron chi connectivity index (χ0n) is 11.2. The zero-order valence-corrected chi connectivity index (χ0v) is 11.2. The topological polar surface area (TPSA) is 99.7 Å². The molecular weight excluding hydrogens is 244 g/mol. The average molecular weight is 264 g/mol. The van der Waals surface area contributed by atoms with Crippen molar-refractivity contribution in [3.05, 3.63) is 34.9 Å². The van der Waals surface area contributed by atoms with E-state index in [1.807, 2.05) is 26.0 Å². The van der Waals surface area contributed by atoms with Gasteiger partial charge in [0.15, 0.2) is 5.84 Å². The van der Waals surface area contributed by atoms with Crippen LogP contribution in [-0.2, 0) is 11.3 Å². The first-order valence-electron chi connectivity index (χ1n) is 6.13. The summed E-state index contributed by atoms with van der Waals surface area (Å²) in [7, 11) is 0. The predicted octanol–water partition coefficient (Wildman–Crippen LogP) is 0.315. The van der Waals surface area contributed by atoms with E-state index in [2.05, 4.69) is 15.8 Å². The highest BCUT2D eigenvalue weighted by molar-refractivity contribution is 5.97. The van der Waals surface area contributed by atoms with E-state index in [0.29, 0.717) is 18.7 Å². The summed E-state index contributed by atoms with van der Waals surface area (Å²) in [6, 6.07) is 5.52. The van der Waals surface area contributed by atoms with Gasteiger partial charge in [0.05, 0.1) is 6.54 Å². The van der Waals surface area contributed by atoms with Gasteiger partial charge in [0.1, 0.15) is 0 Å². The molecule has 0 unspecified atom stereocenters. The van der Waals surface area contributed by atoms with Gasteiger partial charge in [-0.25, -0.2) is 0 Å². The second kappa shape index (κ2) is 7.38. The third kappa shape index (κ3) is 4.59. The monoisotopic (exact) mass is 264 g/mol. The van der Waals surface area contributed by atoms with Crippen LogP contribution in [0.25, 0.3) is 0 Å². The van der Waals surface area contributed by atoms with Crippen molar-refractivity contribution in [1.29, 1.82) is 0 Å². The minimum Gasteiger partial charge on any atom is -0.409 e. The van der Waals surface area contributed by atoms with Gasteiger partial charge >= 0.3 is 0 Å². The average Bonchev–Trinajstić information content (AvgIpc) is 2.40. The molecule has 1 aromatic carbocycles. The summed E-state index contributed by atoms with van der Waals surface area (Å²) in [5.41, 5.74) is 8.28. The molecule has 0 aliphatic heterocycles. The van der Waals surface area contributed by atoms with E-state index in [9.17, 15) is 4.79 Å². The number of hydrogen-bond donors (Lipinski definition) is 4. The fraction of sp³-hybridized carbons (Fsp3) is 0.385. The number of amides is 1. The Morgan fingerprint density at radius 2 is 2.21 bits per heavy atom. The molecule has 6 nitrogen and oxygen atoms in total. The summed E-state index contributed by atoms with van der Waals surface area (Å²) in [6.07, 6.45) is 0. The SMILES string of the molecule is CCNC(=O)CNCc1ccc(/C(N)=N/O)cc1C. The molecule has 0 radical (unpaired) electrons. The molecule has 1 amide bonds. The predicted molar refractivity (Wildman–Crippen MR) is 74.1 cm³/mol. The van der Waals surface area contributed by atoms with Crippen LogP contribution in [0.3, 0.4) is 0 Å². The second-order valence-electron chi connectivity index (χ2n) is 4.18. The molecular formula is C13H20N4O2. The Labute approximate surface area is 112 Å². The van der Waals surface area contributed by atoms with E-state index in [1.165, 1.54) is 0 Å². The van der Waals surface area contributed by atoms with E-state index in [0.717, 1.165) is 11.1 Å². The summed E-state index contributed by atoms with van der Waals surface area (Å²) in [6.45, 7) is 5.34. The summed E-state index contributed by atoms with van der Waals surface area (Å²) in [5, 5.41) is 17.4. The summed E-state index contributed by atoms with van der Waals surface area (Å²) >= 11 is 0. The Bertz CT molecular complexity index is 472. The van der Waals surface area contributed by atoms with Crippen molar-refractivity contribution in [2.24, 2.45) is 10.9 Å². The van der Waals surface area contributed by atoms with Gasteiger partial charge in [-0.1, -0.05) is 17.3 Å². The number of hydrogen-bond acceptors (Lipinski definition) is 4. The molecule has 104 valence electrons. The summed E-state index contributed by atoms with van der Waals surface area (Å²) in [5.74, 6) is 0.0679. The lowest BCUT2D eigenvalue weighted by atomic mass is 10.0. The van der Waals surface area contributed by atoms with Gasteiger partial charge in [0.2, 0.25) is 5.91 Å². The Balaban J connectivity index is 2.58. The van der Waals surface area contributed by atoms with Crippen LogP contribution in [-0.4, -0.2) is 30.0 Å². The molecule has 0 spiro atoms. The minimum atomic E-state index is -0.0200. The highest BCUT2D eigenvalue weighted by atomic mass is 16.4. The number of likely N-dealkylation sites (N-methyl/N-ethyl adjacent to an activating group) is 1. The number of nitrogens with two attached hydrogens (primary N) is 1. The lowest BCUT2D eigenvalue weighted by Crippen LogP contribution is -2.33. The van der Waals surface area contributed by atoms with Gasteiger partial charge in [-0.15, -0.1) is 0 Å². The first-order valence-corrected chi connectivity index (χ1v) is 6.13. The van der Waals surface area contributed by atoms with E-state index < -0.39 is 0 Å². The van der Waals surface area contributed by atoms with Crippen molar-refractivity contribution in [3.63, 3.8) is 0 Å². The maximum atomic E-state index is 11.3. The van der Waals surface area contributed by atoms with E-state index >= 15 is 0 Å². The number of rotatable bonds is 6. The van der Waals surface area contributed by atoms with Crippen molar-refractivity contribution >= 4 is 11.7 Å². The van der Waals surface area contributed by atoms with Crippen LogP contribution in [0.15, 0.2) is 23.4 Å². The van der Waals surface area contributed by atoms with Gasteiger partial charge in [-0.3, -0.25) is 4.79 Å². The minimum absolute atomic E-state index is 0.0200. The van der Waals surface area contributed by atoms with E-state index in [-0.39, 0.29) is 18.3 Å². The van der Waals surface area contributed by atoms with E-state index in [1.54, 1.807) is 6.07 Å². The third-order valence-corrected chi connectivity index (χ3v) is 2.72. The lowest BCUT2D eigenvalue weighted by molar-refractivity contribution is -0.120. The van der Waals surface area contributed by atoms with Gasteiger partial charge < -0.3 is 21.6 Å². The molecule has 0 aliphatic carbocycles. The van der Waals surface area contributed by atoms with Crippen molar-refractivity contribution < 1.29 is 10.0 Å². The smallest absolute Gasteiger partial charge is 0.233 e. The second-order valence-corrected chi connectivity index (χ2v) is 4.18. The number of aryl methyl sites for hydroxylation is 1. The zero-order chi connectivity index (χ0) is 14.3. The number of carbonyl (C=O) groups excluding carboxylic acids is 1. The number of benzene rings is 1. The molecule has 0 atom stereocenters. The molecule has 1 aromatic rings.